The zero-order valence-electron chi connectivity index (χ0n) is 11.6. The van der Waals surface area contributed by atoms with E-state index in [0.29, 0.717) is 11.3 Å². The summed E-state index contributed by atoms with van der Waals surface area (Å²) < 4.78 is 0. The van der Waals surface area contributed by atoms with Gasteiger partial charge in [0.05, 0.1) is 5.39 Å². The van der Waals surface area contributed by atoms with Crippen molar-refractivity contribution in [3.63, 3.8) is 0 Å². The van der Waals surface area contributed by atoms with Crippen LogP contribution in [0, 0.1) is 6.92 Å². The van der Waals surface area contributed by atoms with Crippen molar-refractivity contribution in [3.05, 3.63) is 40.5 Å². The number of nitrogens with zero attached hydrogens (tertiary/aromatic N) is 2. The van der Waals surface area contributed by atoms with Crippen molar-refractivity contribution in [1.29, 1.82) is 0 Å². The van der Waals surface area contributed by atoms with E-state index in [4.69, 9.17) is 11.6 Å². The van der Waals surface area contributed by atoms with Gasteiger partial charge in [-0.15, -0.1) is 11.3 Å². The summed E-state index contributed by atoms with van der Waals surface area (Å²) >= 11 is 7.66. The van der Waals surface area contributed by atoms with Crippen molar-refractivity contribution in [3.8, 4) is 11.1 Å². The molecule has 1 N–H and O–H groups in total. The van der Waals surface area contributed by atoms with Crippen molar-refractivity contribution < 1.29 is 0 Å². The lowest BCUT2D eigenvalue weighted by molar-refractivity contribution is 1.11. The summed E-state index contributed by atoms with van der Waals surface area (Å²) in [5.41, 5.74) is 3.63. The van der Waals surface area contributed by atoms with E-state index in [1.165, 1.54) is 29.5 Å². The van der Waals surface area contributed by atoms with Crippen LogP contribution in [-0.4, -0.2) is 16.0 Å². The molecular weight excluding hydrogens is 302 g/mol. The normalized spacial score (nSPS) is 14.6. The number of rotatable bonds is 3. The lowest BCUT2D eigenvalue weighted by Crippen LogP contribution is -2.04. The minimum atomic E-state index is 0.308. The van der Waals surface area contributed by atoms with E-state index in [9.17, 15) is 0 Å². The minimum Gasteiger partial charge on any atom is -0.367 e. The van der Waals surface area contributed by atoms with Gasteiger partial charge in [-0.2, -0.15) is 0 Å². The lowest BCUT2D eigenvalue weighted by Gasteiger charge is -2.08. The highest BCUT2D eigenvalue weighted by molar-refractivity contribution is 7.17. The molecule has 1 aromatic carbocycles. The number of anilines is 1. The Morgan fingerprint density at radius 2 is 1.95 bits per heavy atom. The summed E-state index contributed by atoms with van der Waals surface area (Å²) in [7, 11) is 0. The van der Waals surface area contributed by atoms with Crippen molar-refractivity contribution in [2.75, 3.05) is 5.32 Å². The summed E-state index contributed by atoms with van der Waals surface area (Å²) in [5.74, 6) is 0.865. The molecule has 1 saturated carbocycles. The van der Waals surface area contributed by atoms with Gasteiger partial charge in [-0.1, -0.05) is 29.8 Å². The third-order valence-corrected chi connectivity index (χ3v) is 4.73. The van der Waals surface area contributed by atoms with Crippen LogP contribution in [0.5, 0.6) is 0 Å². The zero-order chi connectivity index (χ0) is 14.4. The van der Waals surface area contributed by atoms with Crippen LogP contribution in [-0.2, 0) is 0 Å². The molecule has 3 nitrogen and oxygen atoms in total. The molecular formula is C16H14ClN3S. The van der Waals surface area contributed by atoms with Crippen LogP contribution in [0.1, 0.15) is 18.4 Å². The van der Waals surface area contributed by atoms with Crippen LogP contribution in [0.25, 0.3) is 21.3 Å². The number of nitrogens with one attached hydrogen (secondary N) is 1. The second-order valence-electron chi connectivity index (χ2n) is 5.46. The molecule has 1 aliphatic rings. The quantitative estimate of drug-likeness (QED) is 0.699. The molecule has 0 radical (unpaired) electrons. The molecule has 3 aromatic rings. The van der Waals surface area contributed by atoms with E-state index in [1.807, 2.05) is 0 Å². The Balaban J connectivity index is 1.90. The number of benzene rings is 1. The lowest BCUT2D eigenvalue weighted by atomic mass is 10.0. The molecule has 2 heterocycles. The molecule has 4 rings (SSSR count). The highest BCUT2D eigenvalue weighted by Gasteiger charge is 2.24. The maximum absolute atomic E-state index is 6.05. The Kier molecular flexibility index (Phi) is 3.08. The fraction of sp³-hybridized carbons (Fsp3) is 0.250. The van der Waals surface area contributed by atoms with Gasteiger partial charge in [0.1, 0.15) is 10.6 Å². The second kappa shape index (κ2) is 4.97. The maximum Gasteiger partial charge on any atom is 0.225 e. The van der Waals surface area contributed by atoms with Crippen LogP contribution >= 0.6 is 22.9 Å². The van der Waals surface area contributed by atoms with Crippen LogP contribution in [0.15, 0.2) is 29.6 Å². The van der Waals surface area contributed by atoms with Crippen molar-refractivity contribution >= 4 is 39.0 Å². The standard InChI is InChI=1S/C16H14ClN3S/c1-9-2-4-10(5-3-9)12-8-21-15-13(12)14(18-11-6-7-11)19-16(17)20-15/h2-5,8,11H,6-7H2,1H3,(H,18,19,20). The Bertz CT molecular complexity index is 806. The molecule has 0 spiro atoms. The van der Waals surface area contributed by atoms with E-state index in [2.05, 4.69) is 51.9 Å². The second-order valence-corrected chi connectivity index (χ2v) is 6.65. The molecule has 0 aliphatic heterocycles. The first-order chi connectivity index (χ1) is 10.2. The van der Waals surface area contributed by atoms with Gasteiger partial charge in [0.15, 0.2) is 0 Å². The van der Waals surface area contributed by atoms with Crippen molar-refractivity contribution in [1.82, 2.24) is 9.97 Å². The summed E-state index contributed by atoms with van der Waals surface area (Å²) in [5, 5.41) is 7.01. The molecule has 106 valence electrons. The summed E-state index contributed by atoms with van der Waals surface area (Å²) in [4.78, 5) is 9.71. The number of aryl methyl sites for hydroxylation is 1. The molecule has 0 bridgehead atoms. The third kappa shape index (κ3) is 2.49. The molecule has 0 unspecified atom stereocenters. The first-order valence-electron chi connectivity index (χ1n) is 6.99. The van der Waals surface area contributed by atoms with Gasteiger partial charge >= 0.3 is 0 Å². The Hall–Kier alpha value is -1.65. The van der Waals surface area contributed by atoms with E-state index in [-0.39, 0.29) is 0 Å². The van der Waals surface area contributed by atoms with Crippen molar-refractivity contribution in [2.24, 2.45) is 0 Å². The Morgan fingerprint density at radius 1 is 1.19 bits per heavy atom. The van der Waals surface area contributed by atoms with E-state index in [0.717, 1.165) is 16.0 Å². The highest BCUT2D eigenvalue weighted by Crippen LogP contribution is 2.39. The average molecular weight is 316 g/mol. The van der Waals surface area contributed by atoms with E-state index in [1.54, 1.807) is 11.3 Å². The average Bonchev–Trinajstić information content (AvgIpc) is 3.17. The highest BCUT2D eigenvalue weighted by atomic mass is 35.5. The minimum absolute atomic E-state index is 0.308. The molecule has 5 heteroatoms. The largest absolute Gasteiger partial charge is 0.367 e. The van der Waals surface area contributed by atoms with E-state index >= 15 is 0 Å². The molecule has 0 amide bonds. The van der Waals surface area contributed by atoms with E-state index < -0.39 is 0 Å². The monoisotopic (exact) mass is 315 g/mol. The SMILES string of the molecule is Cc1ccc(-c2csc3nc(Cl)nc(NC4CC4)c23)cc1. The van der Waals surface area contributed by atoms with Gasteiger partial charge < -0.3 is 5.32 Å². The number of aromatic nitrogens is 2. The maximum atomic E-state index is 6.05. The third-order valence-electron chi connectivity index (χ3n) is 3.69. The molecule has 21 heavy (non-hydrogen) atoms. The molecule has 1 aliphatic carbocycles. The van der Waals surface area contributed by atoms with Gasteiger partial charge in [0.25, 0.3) is 0 Å². The van der Waals surface area contributed by atoms with Crippen LogP contribution in [0.4, 0.5) is 5.82 Å². The number of halogens is 1. The summed E-state index contributed by atoms with van der Waals surface area (Å²) in [6.45, 7) is 2.10. The van der Waals surface area contributed by atoms with Crippen molar-refractivity contribution in [2.45, 2.75) is 25.8 Å². The fourth-order valence-electron chi connectivity index (χ4n) is 2.39. The topological polar surface area (TPSA) is 37.8 Å². The number of hydrogen-bond acceptors (Lipinski definition) is 4. The zero-order valence-corrected chi connectivity index (χ0v) is 13.1. The summed E-state index contributed by atoms with van der Waals surface area (Å²) in [6.07, 6.45) is 2.40. The summed E-state index contributed by atoms with van der Waals surface area (Å²) in [6, 6.07) is 9.08. The Labute approximate surface area is 132 Å². The van der Waals surface area contributed by atoms with Gasteiger partial charge in [0.2, 0.25) is 5.28 Å². The van der Waals surface area contributed by atoms with Crippen LogP contribution in [0.2, 0.25) is 5.28 Å². The van der Waals surface area contributed by atoms with Gasteiger partial charge in [-0.25, -0.2) is 9.97 Å². The smallest absolute Gasteiger partial charge is 0.225 e. The number of hydrogen-bond donors (Lipinski definition) is 1. The molecule has 1 fully saturated rings. The molecule has 2 aromatic heterocycles. The van der Waals surface area contributed by atoms with Crippen LogP contribution in [0.3, 0.4) is 0 Å². The number of fused-ring (bicyclic) bond motifs is 1. The first-order valence-corrected chi connectivity index (χ1v) is 8.25. The Morgan fingerprint density at radius 3 is 2.67 bits per heavy atom. The number of thiophene rings is 1. The van der Waals surface area contributed by atoms with Gasteiger partial charge in [0, 0.05) is 17.0 Å². The predicted octanol–water partition coefficient (Wildman–Crippen LogP) is 4.89. The molecule has 0 saturated heterocycles. The fourth-order valence-corrected chi connectivity index (χ4v) is 3.55. The van der Waals surface area contributed by atoms with Crippen LogP contribution < -0.4 is 5.32 Å². The predicted molar refractivity (Wildman–Crippen MR) is 89.2 cm³/mol. The van der Waals surface area contributed by atoms with Gasteiger partial charge in [-0.3, -0.25) is 0 Å². The van der Waals surface area contributed by atoms with Gasteiger partial charge in [-0.05, 0) is 36.9 Å². The molecule has 0 atom stereocenters. The first kappa shape index (κ1) is 13.0.